The minimum Gasteiger partial charge on any atom is -0.308 e. The van der Waals surface area contributed by atoms with Gasteiger partial charge in [0.15, 0.2) is 5.13 Å². The maximum absolute atomic E-state index is 13.4. The lowest BCUT2D eigenvalue weighted by molar-refractivity contribution is -0.124. The first kappa shape index (κ1) is 24.8. The van der Waals surface area contributed by atoms with Gasteiger partial charge in [-0.1, -0.05) is 53.9 Å². The lowest BCUT2D eigenvalue weighted by atomic mass is 9.64. The van der Waals surface area contributed by atoms with Crippen LogP contribution in [-0.4, -0.2) is 23.3 Å². The van der Waals surface area contributed by atoms with Crippen LogP contribution in [0.3, 0.4) is 0 Å². The number of amides is 2. The third-order valence-corrected chi connectivity index (χ3v) is 8.99. The number of thiazole rings is 1. The van der Waals surface area contributed by atoms with Gasteiger partial charge in [0, 0.05) is 33.3 Å². The Labute approximate surface area is 231 Å². The van der Waals surface area contributed by atoms with Crippen molar-refractivity contribution in [3.05, 3.63) is 98.9 Å². The van der Waals surface area contributed by atoms with Gasteiger partial charge in [-0.3, -0.25) is 9.59 Å². The molecule has 192 valence electrons. The van der Waals surface area contributed by atoms with Gasteiger partial charge < -0.3 is 10.2 Å². The number of hydrogen-bond donors (Lipinski definition) is 1. The van der Waals surface area contributed by atoms with Gasteiger partial charge in [-0.05, 0) is 80.6 Å². The first-order valence-electron chi connectivity index (χ1n) is 12.9. The molecular formula is C31H28ClN3O2S. The van der Waals surface area contributed by atoms with Gasteiger partial charge in [0.2, 0.25) is 5.91 Å². The van der Waals surface area contributed by atoms with Gasteiger partial charge in [-0.15, -0.1) is 11.3 Å². The molecule has 38 heavy (non-hydrogen) atoms. The number of aromatic nitrogens is 1. The molecule has 2 heterocycles. The van der Waals surface area contributed by atoms with Gasteiger partial charge >= 0.3 is 0 Å². The van der Waals surface area contributed by atoms with E-state index in [1.807, 2.05) is 79.4 Å². The maximum atomic E-state index is 13.4. The van der Waals surface area contributed by atoms with Crippen molar-refractivity contribution in [2.75, 3.05) is 16.8 Å². The van der Waals surface area contributed by atoms with E-state index in [9.17, 15) is 9.59 Å². The zero-order valence-electron chi connectivity index (χ0n) is 21.4. The standard InChI is InChI=1S/C31H28ClN3O2S/c1-19-4-6-21(7-5-19)28(36)35-17-14-22-18-23(8-13-26(22)35)27-20(2)38-30(33-27)34-29(37)31(15-3-16-31)24-9-11-25(32)12-10-24/h4-13,18H,3,14-17H2,1-2H3,(H,33,34,37). The monoisotopic (exact) mass is 541 g/mol. The summed E-state index contributed by atoms with van der Waals surface area (Å²) >= 11 is 7.57. The average molecular weight is 542 g/mol. The van der Waals surface area contributed by atoms with Crippen LogP contribution in [0.15, 0.2) is 66.7 Å². The molecule has 3 aromatic carbocycles. The normalized spacial score (nSPS) is 15.6. The third-order valence-electron chi connectivity index (χ3n) is 7.85. The number of halogens is 1. The molecule has 1 saturated carbocycles. The fraction of sp³-hybridized carbons (Fsp3) is 0.258. The van der Waals surface area contributed by atoms with E-state index in [1.165, 1.54) is 11.3 Å². The maximum Gasteiger partial charge on any atom is 0.258 e. The zero-order valence-corrected chi connectivity index (χ0v) is 23.0. The summed E-state index contributed by atoms with van der Waals surface area (Å²) in [6, 6.07) is 21.5. The van der Waals surface area contributed by atoms with Crippen LogP contribution in [0.1, 0.15) is 51.2 Å². The molecule has 4 aromatic rings. The SMILES string of the molecule is Cc1ccc(C(=O)N2CCc3cc(-c4nc(NC(=O)C5(c6ccc(Cl)cc6)CCC5)sc4C)ccc32)cc1. The first-order chi connectivity index (χ1) is 18.3. The average Bonchev–Trinajstić information content (AvgIpc) is 3.47. The highest BCUT2D eigenvalue weighted by molar-refractivity contribution is 7.16. The number of anilines is 2. The van der Waals surface area contributed by atoms with Gasteiger partial charge in [0.1, 0.15) is 0 Å². The number of carbonyl (C=O) groups is 2. The molecule has 2 aliphatic rings. The highest BCUT2D eigenvalue weighted by Gasteiger charge is 2.46. The summed E-state index contributed by atoms with van der Waals surface area (Å²) in [6.07, 6.45) is 3.47. The van der Waals surface area contributed by atoms with Crippen LogP contribution in [0.5, 0.6) is 0 Å². The summed E-state index contributed by atoms with van der Waals surface area (Å²) in [5.41, 5.74) is 6.27. The number of nitrogens with one attached hydrogen (secondary N) is 1. The highest BCUT2D eigenvalue weighted by atomic mass is 35.5. The van der Waals surface area contributed by atoms with E-state index in [4.69, 9.17) is 16.6 Å². The Morgan fingerprint density at radius 1 is 1.00 bits per heavy atom. The van der Waals surface area contributed by atoms with Crippen LogP contribution in [0.4, 0.5) is 10.8 Å². The molecule has 0 bridgehead atoms. The van der Waals surface area contributed by atoms with E-state index in [-0.39, 0.29) is 11.8 Å². The van der Waals surface area contributed by atoms with Crippen molar-refractivity contribution < 1.29 is 9.59 Å². The molecule has 1 aromatic heterocycles. The second kappa shape index (κ2) is 9.68. The quantitative estimate of drug-likeness (QED) is 0.287. The summed E-state index contributed by atoms with van der Waals surface area (Å²) < 4.78 is 0. The van der Waals surface area contributed by atoms with Gasteiger partial charge in [-0.2, -0.15) is 0 Å². The lowest BCUT2D eigenvalue weighted by Gasteiger charge is -2.40. The summed E-state index contributed by atoms with van der Waals surface area (Å²) in [6.45, 7) is 4.71. The van der Waals surface area contributed by atoms with Gasteiger partial charge in [-0.25, -0.2) is 4.98 Å². The molecule has 1 fully saturated rings. The minimum atomic E-state index is -0.522. The molecule has 0 saturated heterocycles. The topological polar surface area (TPSA) is 62.3 Å². The zero-order chi connectivity index (χ0) is 26.4. The Bertz CT molecular complexity index is 1540. The van der Waals surface area contributed by atoms with Crippen LogP contribution in [0.2, 0.25) is 5.02 Å². The number of carbonyl (C=O) groups excluding carboxylic acids is 2. The fourth-order valence-electron chi connectivity index (χ4n) is 5.49. The van der Waals surface area contributed by atoms with Crippen molar-refractivity contribution in [2.24, 2.45) is 0 Å². The molecule has 2 amide bonds. The molecular weight excluding hydrogens is 514 g/mol. The van der Waals surface area contributed by atoms with Crippen molar-refractivity contribution in [2.45, 2.75) is 44.9 Å². The number of rotatable bonds is 5. The summed E-state index contributed by atoms with van der Waals surface area (Å²) in [5, 5.41) is 4.39. The van der Waals surface area contributed by atoms with Gasteiger partial charge in [0.05, 0.1) is 11.1 Å². The van der Waals surface area contributed by atoms with Crippen molar-refractivity contribution in [1.29, 1.82) is 0 Å². The largest absolute Gasteiger partial charge is 0.308 e. The fourth-order valence-corrected chi connectivity index (χ4v) is 6.45. The van der Waals surface area contributed by atoms with Crippen LogP contribution in [0.25, 0.3) is 11.3 Å². The second-order valence-corrected chi connectivity index (χ2v) is 11.9. The Balaban J connectivity index is 1.22. The van der Waals surface area contributed by atoms with E-state index < -0.39 is 5.41 Å². The van der Waals surface area contributed by atoms with Crippen molar-refractivity contribution in [1.82, 2.24) is 4.98 Å². The summed E-state index contributed by atoms with van der Waals surface area (Å²) in [4.78, 5) is 34.3. The van der Waals surface area contributed by atoms with E-state index in [2.05, 4.69) is 11.4 Å². The predicted octanol–water partition coefficient (Wildman–Crippen LogP) is 7.34. The van der Waals surface area contributed by atoms with Gasteiger partial charge in [0.25, 0.3) is 5.91 Å². The molecule has 1 aliphatic heterocycles. The van der Waals surface area contributed by atoms with Crippen LogP contribution >= 0.6 is 22.9 Å². The van der Waals surface area contributed by atoms with Crippen molar-refractivity contribution in [3.8, 4) is 11.3 Å². The van der Waals surface area contributed by atoms with Crippen LogP contribution in [0, 0.1) is 13.8 Å². The molecule has 6 rings (SSSR count). The molecule has 1 N–H and O–H groups in total. The van der Waals surface area contributed by atoms with Crippen LogP contribution < -0.4 is 10.2 Å². The van der Waals surface area contributed by atoms with E-state index in [0.717, 1.165) is 64.2 Å². The molecule has 5 nitrogen and oxygen atoms in total. The van der Waals surface area contributed by atoms with Crippen molar-refractivity contribution in [3.63, 3.8) is 0 Å². The van der Waals surface area contributed by atoms with E-state index >= 15 is 0 Å². The third kappa shape index (κ3) is 4.32. The Morgan fingerprint density at radius 2 is 1.74 bits per heavy atom. The number of hydrogen-bond acceptors (Lipinski definition) is 4. The highest BCUT2D eigenvalue weighted by Crippen LogP contribution is 2.45. The van der Waals surface area contributed by atoms with Crippen LogP contribution in [-0.2, 0) is 16.6 Å². The number of nitrogens with zero attached hydrogens (tertiary/aromatic N) is 2. The molecule has 0 atom stereocenters. The summed E-state index contributed by atoms with van der Waals surface area (Å²) in [7, 11) is 0. The predicted molar refractivity (Wildman–Crippen MR) is 154 cm³/mol. The van der Waals surface area contributed by atoms with Crippen molar-refractivity contribution >= 4 is 45.6 Å². The first-order valence-corrected chi connectivity index (χ1v) is 14.1. The number of aryl methyl sites for hydroxylation is 2. The molecule has 1 aliphatic carbocycles. The minimum absolute atomic E-state index is 0.00872. The van der Waals surface area contributed by atoms with E-state index in [0.29, 0.717) is 22.3 Å². The number of benzene rings is 3. The Hall–Kier alpha value is -3.48. The Kier molecular flexibility index (Phi) is 6.33. The molecule has 0 unspecified atom stereocenters. The smallest absolute Gasteiger partial charge is 0.258 e. The molecule has 0 radical (unpaired) electrons. The Morgan fingerprint density at radius 3 is 2.42 bits per heavy atom. The second-order valence-electron chi connectivity index (χ2n) is 10.2. The summed E-state index contributed by atoms with van der Waals surface area (Å²) in [5.74, 6) is 0.0162. The lowest BCUT2D eigenvalue weighted by Crippen LogP contribution is -2.45. The molecule has 0 spiro atoms. The van der Waals surface area contributed by atoms with E-state index in [1.54, 1.807) is 0 Å². The number of fused-ring (bicyclic) bond motifs is 1. The molecule has 7 heteroatoms.